The van der Waals surface area contributed by atoms with Crippen LogP contribution in [-0.4, -0.2) is 32.2 Å². The van der Waals surface area contributed by atoms with Crippen LogP contribution in [0.3, 0.4) is 0 Å². The Balaban J connectivity index is 1.46. The average Bonchev–Trinajstić information content (AvgIpc) is 3.02. The highest BCUT2D eigenvalue weighted by molar-refractivity contribution is 5.75. The number of hydrogen-bond donors (Lipinski definition) is 1. The van der Waals surface area contributed by atoms with Crippen molar-refractivity contribution in [2.75, 3.05) is 0 Å². The van der Waals surface area contributed by atoms with E-state index in [4.69, 9.17) is 0 Å². The minimum Gasteiger partial charge on any atom is -0.352 e. The van der Waals surface area contributed by atoms with Crippen molar-refractivity contribution in [3.05, 3.63) is 42.2 Å². The van der Waals surface area contributed by atoms with Crippen molar-refractivity contribution in [1.82, 2.24) is 25.5 Å². The van der Waals surface area contributed by atoms with Gasteiger partial charge in [0.1, 0.15) is 12.9 Å². The van der Waals surface area contributed by atoms with Crippen molar-refractivity contribution in [3.63, 3.8) is 0 Å². The number of hydrogen-bond acceptors (Lipinski definition) is 4. The number of nitrogens with one attached hydrogen (secondary N) is 1. The first-order valence-corrected chi connectivity index (χ1v) is 7.36. The predicted molar refractivity (Wildman–Crippen MR) is 77.4 cm³/mol. The highest BCUT2D eigenvalue weighted by atomic mass is 16.2. The molecule has 1 heterocycles. The second-order valence-corrected chi connectivity index (χ2v) is 5.53. The molecule has 1 aliphatic rings. The molecule has 1 amide bonds. The summed E-state index contributed by atoms with van der Waals surface area (Å²) in [5, 5.41) is 13.8. The SMILES string of the molecule is O=C(Cn1cnnn1)NC1CCC(c2ccccc2)CC1. The fourth-order valence-electron chi connectivity index (χ4n) is 2.97. The van der Waals surface area contributed by atoms with Crippen LogP contribution in [0.25, 0.3) is 0 Å². The largest absolute Gasteiger partial charge is 0.352 e. The number of carbonyl (C=O) groups is 1. The van der Waals surface area contributed by atoms with Crippen molar-refractivity contribution in [1.29, 1.82) is 0 Å². The molecule has 0 saturated heterocycles. The molecule has 2 aromatic rings. The lowest BCUT2D eigenvalue weighted by Gasteiger charge is -2.29. The van der Waals surface area contributed by atoms with Crippen molar-refractivity contribution in [2.24, 2.45) is 0 Å². The first kappa shape index (κ1) is 13.7. The zero-order valence-corrected chi connectivity index (χ0v) is 11.9. The highest BCUT2D eigenvalue weighted by Gasteiger charge is 2.23. The molecule has 0 unspecified atom stereocenters. The van der Waals surface area contributed by atoms with Crippen molar-refractivity contribution in [2.45, 2.75) is 44.2 Å². The van der Waals surface area contributed by atoms with Crippen LogP contribution in [0.4, 0.5) is 0 Å². The molecule has 1 N–H and O–H groups in total. The second-order valence-electron chi connectivity index (χ2n) is 5.53. The normalized spacial score (nSPS) is 21.9. The molecule has 1 aromatic heterocycles. The van der Waals surface area contributed by atoms with E-state index in [2.05, 4.69) is 45.1 Å². The van der Waals surface area contributed by atoms with Gasteiger partial charge in [0.25, 0.3) is 0 Å². The third-order valence-electron chi connectivity index (χ3n) is 4.06. The number of amides is 1. The Kier molecular flexibility index (Phi) is 4.23. The molecule has 110 valence electrons. The number of carbonyl (C=O) groups excluding carboxylic acids is 1. The van der Waals surface area contributed by atoms with E-state index in [0.29, 0.717) is 5.92 Å². The van der Waals surface area contributed by atoms with Gasteiger partial charge in [-0.25, -0.2) is 4.68 Å². The van der Waals surface area contributed by atoms with E-state index in [-0.39, 0.29) is 18.5 Å². The van der Waals surface area contributed by atoms with E-state index >= 15 is 0 Å². The Hall–Kier alpha value is -2.24. The van der Waals surface area contributed by atoms with Crippen LogP contribution in [0.2, 0.25) is 0 Å². The molecule has 21 heavy (non-hydrogen) atoms. The van der Waals surface area contributed by atoms with E-state index in [1.165, 1.54) is 16.6 Å². The van der Waals surface area contributed by atoms with E-state index in [1.54, 1.807) is 0 Å². The summed E-state index contributed by atoms with van der Waals surface area (Å²) in [6.07, 6.45) is 5.76. The lowest BCUT2D eigenvalue weighted by atomic mass is 9.82. The third kappa shape index (κ3) is 3.65. The Bertz CT molecular complexity index is 561. The highest BCUT2D eigenvalue weighted by Crippen LogP contribution is 2.32. The van der Waals surface area contributed by atoms with Crippen LogP contribution in [-0.2, 0) is 11.3 Å². The molecular weight excluding hydrogens is 266 g/mol. The zero-order chi connectivity index (χ0) is 14.5. The molecule has 1 fully saturated rings. The number of nitrogens with zero attached hydrogens (tertiary/aromatic N) is 4. The fraction of sp³-hybridized carbons (Fsp3) is 0.467. The molecule has 1 aromatic carbocycles. The van der Waals surface area contributed by atoms with Crippen LogP contribution >= 0.6 is 0 Å². The van der Waals surface area contributed by atoms with Crippen LogP contribution < -0.4 is 5.32 Å². The van der Waals surface area contributed by atoms with Crippen molar-refractivity contribution >= 4 is 5.91 Å². The molecule has 0 bridgehead atoms. The van der Waals surface area contributed by atoms with Gasteiger partial charge in [0.15, 0.2) is 0 Å². The summed E-state index contributed by atoms with van der Waals surface area (Å²) >= 11 is 0. The van der Waals surface area contributed by atoms with Crippen LogP contribution in [0.15, 0.2) is 36.7 Å². The molecule has 1 saturated carbocycles. The fourth-order valence-corrected chi connectivity index (χ4v) is 2.97. The number of benzene rings is 1. The van der Waals surface area contributed by atoms with Crippen LogP contribution in [0, 0.1) is 0 Å². The minimum atomic E-state index is -0.0227. The Morgan fingerprint density at radius 3 is 2.62 bits per heavy atom. The summed E-state index contributed by atoms with van der Waals surface area (Å²) in [6.45, 7) is 0.186. The average molecular weight is 285 g/mol. The van der Waals surface area contributed by atoms with E-state index in [9.17, 15) is 4.79 Å². The summed E-state index contributed by atoms with van der Waals surface area (Å²) < 4.78 is 1.44. The summed E-state index contributed by atoms with van der Waals surface area (Å²) in [7, 11) is 0. The van der Waals surface area contributed by atoms with Gasteiger partial charge in [-0.2, -0.15) is 0 Å². The maximum atomic E-state index is 11.9. The number of tetrazole rings is 1. The monoisotopic (exact) mass is 285 g/mol. The van der Waals surface area contributed by atoms with Gasteiger partial charge in [0.2, 0.25) is 5.91 Å². The van der Waals surface area contributed by atoms with Crippen molar-refractivity contribution < 1.29 is 4.79 Å². The van der Waals surface area contributed by atoms with Gasteiger partial charge in [-0.05, 0) is 47.6 Å². The smallest absolute Gasteiger partial charge is 0.242 e. The third-order valence-corrected chi connectivity index (χ3v) is 4.06. The first-order chi connectivity index (χ1) is 10.3. The van der Waals surface area contributed by atoms with E-state index < -0.39 is 0 Å². The summed E-state index contributed by atoms with van der Waals surface area (Å²) in [4.78, 5) is 11.9. The molecule has 0 atom stereocenters. The summed E-state index contributed by atoms with van der Waals surface area (Å²) in [6, 6.07) is 10.9. The topological polar surface area (TPSA) is 72.7 Å². The predicted octanol–water partition coefficient (Wildman–Crippen LogP) is 1.52. The zero-order valence-electron chi connectivity index (χ0n) is 11.9. The van der Waals surface area contributed by atoms with Gasteiger partial charge in [0.05, 0.1) is 0 Å². The molecular formula is C15H19N5O. The van der Waals surface area contributed by atoms with Gasteiger partial charge in [0, 0.05) is 6.04 Å². The first-order valence-electron chi connectivity index (χ1n) is 7.36. The maximum Gasteiger partial charge on any atom is 0.242 e. The molecule has 6 nitrogen and oxygen atoms in total. The van der Waals surface area contributed by atoms with Gasteiger partial charge < -0.3 is 5.32 Å². The Morgan fingerprint density at radius 1 is 1.19 bits per heavy atom. The minimum absolute atomic E-state index is 0.0227. The molecule has 6 heteroatoms. The van der Waals surface area contributed by atoms with Gasteiger partial charge in [-0.3, -0.25) is 4.79 Å². The molecule has 1 aliphatic carbocycles. The van der Waals surface area contributed by atoms with Gasteiger partial charge in [-0.15, -0.1) is 5.10 Å². The Labute approximate surface area is 123 Å². The van der Waals surface area contributed by atoms with Gasteiger partial charge in [-0.1, -0.05) is 30.3 Å². The molecule has 0 spiro atoms. The molecule has 0 aliphatic heterocycles. The van der Waals surface area contributed by atoms with E-state index in [0.717, 1.165) is 25.7 Å². The van der Waals surface area contributed by atoms with Crippen molar-refractivity contribution in [3.8, 4) is 0 Å². The lowest BCUT2D eigenvalue weighted by molar-refractivity contribution is -0.122. The summed E-state index contributed by atoms with van der Waals surface area (Å²) in [5.74, 6) is 0.601. The second kappa shape index (κ2) is 6.47. The van der Waals surface area contributed by atoms with Crippen LogP contribution in [0.5, 0.6) is 0 Å². The standard InChI is InChI=1S/C15H19N5O/c21-15(10-20-11-16-18-19-20)17-14-8-6-13(7-9-14)12-4-2-1-3-5-12/h1-5,11,13-14H,6-10H2,(H,17,21). The Morgan fingerprint density at radius 2 is 1.95 bits per heavy atom. The molecule has 0 radical (unpaired) electrons. The maximum absolute atomic E-state index is 11.9. The lowest BCUT2D eigenvalue weighted by Crippen LogP contribution is -2.39. The van der Waals surface area contributed by atoms with Crippen LogP contribution in [0.1, 0.15) is 37.2 Å². The van der Waals surface area contributed by atoms with E-state index in [1.807, 2.05) is 6.07 Å². The number of rotatable bonds is 4. The van der Waals surface area contributed by atoms with Gasteiger partial charge >= 0.3 is 0 Å². The molecule has 3 rings (SSSR count). The number of aromatic nitrogens is 4. The summed E-state index contributed by atoms with van der Waals surface area (Å²) in [5.41, 5.74) is 1.41. The quantitative estimate of drug-likeness (QED) is 0.924.